The van der Waals surface area contributed by atoms with E-state index in [4.69, 9.17) is 4.74 Å². The van der Waals surface area contributed by atoms with Crippen LogP contribution >= 0.6 is 0 Å². The first-order chi connectivity index (χ1) is 9.28. The van der Waals surface area contributed by atoms with E-state index in [-0.39, 0.29) is 6.04 Å². The summed E-state index contributed by atoms with van der Waals surface area (Å²) in [6.45, 7) is 2.78. The van der Waals surface area contributed by atoms with Crippen LogP contribution in [-0.4, -0.2) is 36.8 Å². The fourth-order valence-corrected chi connectivity index (χ4v) is 1.95. The number of hydrogen-bond donors (Lipinski definition) is 2. The molecule has 5 heteroatoms. The van der Waals surface area contributed by atoms with Crippen LogP contribution in [0, 0.1) is 0 Å². The summed E-state index contributed by atoms with van der Waals surface area (Å²) in [6, 6.07) is 8.22. The van der Waals surface area contributed by atoms with Gasteiger partial charge in [0.05, 0.1) is 18.2 Å². The van der Waals surface area contributed by atoms with Crippen LogP contribution in [0.2, 0.25) is 0 Å². The molecule has 0 saturated carbocycles. The third kappa shape index (κ3) is 3.12. The second-order valence-electron chi connectivity index (χ2n) is 4.37. The molecule has 0 bridgehead atoms. The number of benzene rings is 1. The van der Waals surface area contributed by atoms with Crippen LogP contribution in [0.4, 0.5) is 11.8 Å². The lowest BCUT2D eigenvalue weighted by molar-refractivity contribution is 0.184. The van der Waals surface area contributed by atoms with E-state index < -0.39 is 0 Å². The van der Waals surface area contributed by atoms with Gasteiger partial charge in [0, 0.05) is 19.5 Å². The number of para-hydroxylation sites is 1. The average molecular weight is 260 g/mol. The lowest BCUT2D eigenvalue weighted by atomic mass is 10.2. The molecule has 19 heavy (non-hydrogen) atoms. The van der Waals surface area contributed by atoms with Gasteiger partial charge in [0.15, 0.2) is 0 Å². The van der Waals surface area contributed by atoms with Crippen molar-refractivity contribution < 1.29 is 4.74 Å². The minimum absolute atomic E-state index is 0.244. The molecule has 0 aliphatic rings. The molecule has 2 rings (SSSR count). The summed E-state index contributed by atoms with van der Waals surface area (Å²) in [4.78, 5) is 8.94. The lowest BCUT2D eigenvalue weighted by Gasteiger charge is -2.18. The van der Waals surface area contributed by atoms with E-state index in [9.17, 15) is 0 Å². The van der Waals surface area contributed by atoms with Crippen molar-refractivity contribution in [1.82, 2.24) is 9.97 Å². The summed E-state index contributed by atoms with van der Waals surface area (Å²) in [5.74, 6) is 1.47. The number of ether oxygens (including phenoxy) is 1. The molecular formula is C14H20N4O. The van der Waals surface area contributed by atoms with Crippen LogP contribution in [0.25, 0.3) is 10.9 Å². The van der Waals surface area contributed by atoms with Crippen LogP contribution in [0.3, 0.4) is 0 Å². The van der Waals surface area contributed by atoms with E-state index in [2.05, 4.69) is 27.5 Å². The Morgan fingerprint density at radius 3 is 2.74 bits per heavy atom. The molecule has 2 aromatic rings. The Kier molecular flexibility index (Phi) is 4.52. The number of methoxy groups -OCH3 is 1. The Morgan fingerprint density at radius 1 is 1.26 bits per heavy atom. The maximum absolute atomic E-state index is 5.21. The molecule has 1 unspecified atom stereocenters. The van der Waals surface area contributed by atoms with Crippen molar-refractivity contribution in [2.24, 2.45) is 0 Å². The van der Waals surface area contributed by atoms with Crippen molar-refractivity contribution in [3.05, 3.63) is 24.3 Å². The third-order valence-corrected chi connectivity index (χ3v) is 3.03. The predicted molar refractivity (Wildman–Crippen MR) is 78.7 cm³/mol. The fourth-order valence-electron chi connectivity index (χ4n) is 1.95. The van der Waals surface area contributed by atoms with E-state index in [1.54, 1.807) is 7.11 Å². The van der Waals surface area contributed by atoms with Gasteiger partial charge in [-0.1, -0.05) is 19.1 Å². The summed E-state index contributed by atoms with van der Waals surface area (Å²) < 4.78 is 5.21. The number of anilines is 2. The summed E-state index contributed by atoms with van der Waals surface area (Å²) in [7, 11) is 3.53. The number of rotatable bonds is 6. The number of aromatic nitrogens is 2. The number of hydrogen-bond acceptors (Lipinski definition) is 5. The van der Waals surface area contributed by atoms with Crippen molar-refractivity contribution in [2.75, 3.05) is 31.4 Å². The van der Waals surface area contributed by atoms with Crippen molar-refractivity contribution in [1.29, 1.82) is 0 Å². The molecule has 1 aromatic carbocycles. The Morgan fingerprint density at radius 2 is 2.05 bits per heavy atom. The minimum Gasteiger partial charge on any atom is -0.383 e. The van der Waals surface area contributed by atoms with Crippen LogP contribution in [0.1, 0.15) is 13.3 Å². The van der Waals surface area contributed by atoms with E-state index in [1.807, 2.05) is 31.3 Å². The van der Waals surface area contributed by atoms with Gasteiger partial charge in [-0.15, -0.1) is 0 Å². The number of fused-ring (bicyclic) bond motifs is 1. The molecule has 1 aromatic heterocycles. The van der Waals surface area contributed by atoms with Crippen molar-refractivity contribution in [2.45, 2.75) is 19.4 Å². The molecule has 5 nitrogen and oxygen atoms in total. The van der Waals surface area contributed by atoms with Crippen molar-refractivity contribution in [3.8, 4) is 0 Å². The zero-order valence-corrected chi connectivity index (χ0v) is 11.6. The Labute approximate surface area is 113 Å². The van der Waals surface area contributed by atoms with Crippen LogP contribution in [0.15, 0.2) is 24.3 Å². The van der Waals surface area contributed by atoms with Gasteiger partial charge in [0.2, 0.25) is 5.95 Å². The predicted octanol–water partition coefficient (Wildman–Crippen LogP) is 2.51. The molecule has 2 N–H and O–H groups in total. The largest absolute Gasteiger partial charge is 0.383 e. The highest BCUT2D eigenvalue weighted by Crippen LogP contribution is 2.22. The highest BCUT2D eigenvalue weighted by Gasteiger charge is 2.11. The quantitative estimate of drug-likeness (QED) is 0.835. The van der Waals surface area contributed by atoms with Crippen LogP contribution in [-0.2, 0) is 4.74 Å². The van der Waals surface area contributed by atoms with E-state index in [1.165, 1.54) is 0 Å². The second-order valence-corrected chi connectivity index (χ2v) is 4.37. The second kappa shape index (κ2) is 6.33. The molecule has 0 amide bonds. The Balaban J connectivity index is 2.39. The average Bonchev–Trinajstić information content (AvgIpc) is 2.46. The smallest absolute Gasteiger partial charge is 0.224 e. The van der Waals surface area contributed by atoms with Gasteiger partial charge >= 0.3 is 0 Å². The first-order valence-electron chi connectivity index (χ1n) is 6.48. The first-order valence-corrected chi connectivity index (χ1v) is 6.48. The molecule has 0 saturated heterocycles. The first kappa shape index (κ1) is 13.5. The summed E-state index contributed by atoms with van der Waals surface area (Å²) in [5, 5.41) is 7.44. The standard InChI is InChI=1S/C14H20N4O/c1-4-10(9-19-3)16-13-11-7-5-6-8-12(11)17-14(15-2)18-13/h5-8,10H,4,9H2,1-3H3,(H2,15,16,17,18). The van der Waals surface area contributed by atoms with Crippen LogP contribution in [0.5, 0.6) is 0 Å². The fraction of sp³-hybridized carbons (Fsp3) is 0.429. The SMILES string of the molecule is CCC(COC)Nc1nc(NC)nc2ccccc12. The summed E-state index contributed by atoms with van der Waals surface area (Å²) in [6.07, 6.45) is 0.973. The summed E-state index contributed by atoms with van der Waals surface area (Å²) >= 11 is 0. The molecule has 1 atom stereocenters. The molecule has 102 valence electrons. The zero-order valence-electron chi connectivity index (χ0n) is 11.6. The van der Waals surface area contributed by atoms with E-state index in [0.29, 0.717) is 12.6 Å². The van der Waals surface area contributed by atoms with Gasteiger partial charge in [-0.2, -0.15) is 4.98 Å². The normalized spacial score (nSPS) is 12.4. The van der Waals surface area contributed by atoms with Crippen molar-refractivity contribution in [3.63, 3.8) is 0 Å². The Bertz CT molecular complexity index is 544. The van der Waals surface area contributed by atoms with Gasteiger partial charge in [-0.25, -0.2) is 4.98 Å². The monoisotopic (exact) mass is 260 g/mol. The molecule has 0 radical (unpaired) electrons. The zero-order chi connectivity index (χ0) is 13.7. The van der Waals surface area contributed by atoms with Gasteiger partial charge in [-0.3, -0.25) is 0 Å². The number of nitrogens with zero attached hydrogens (tertiary/aromatic N) is 2. The highest BCUT2D eigenvalue weighted by atomic mass is 16.5. The maximum atomic E-state index is 5.21. The topological polar surface area (TPSA) is 59.1 Å². The van der Waals surface area contributed by atoms with Gasteiger partial charge in [0.25, 0.3) is 0 Å². The molecule has 0 fully saturated rings. The minimum atomic E-state index is 0.244. The van der Waals surface area contributed by atoms with E-state index >= 15 is 0 Å². The lowest BCUT2D eigenvalue weighted by Crippen LogP contribution is -2.24. The Hall–Kier alpha value is -1.88. The van der Waals surface area contributed by atoms with Gasteiger partial charge < -0.3 is 15.4 Å². The van der Waals surface area contributed by atoms with E-state index in [0.717, 1.165) is 23.1 Å². The van der Waals surface area contributed by atoms with Gasteiger partial charge in [0.1, 0.15) is 5.82 Å². The van der Waals surface area contributed by atoms with Gasteiger partial charge in [-0.05, 0) is 18.6 Å². The third-order valence-electron chi connectivity index (χ3n) is 3.03. The number of nitrogens with one attached hydrogen (secondary N) is 2. The molecule has 1 heterocycles. The van der Waals surface area contributed by atoms with Crippen LogP contribution < -0.4 is 10.6 Å². The molecule has 0 aliphatic heterocycles. The summed E-state index contributed by atoms with van der Waals surface area (Å²) in [5.41, 5.74) is 0.927. The van der Waals surface area contributed by atoms with Crippen molar-refractivity contribution >= 4 is 22.7 Å². The molecule has 0 spiro atoms. The highest BCUT2D eigenvalue weighted by molar-refractivity contribution is 5.90. The maximum Gasteiger partial charge on any atom is 0.224 e. The molecular weight excluding hydrogens is 240 g/mol. The molecule has 0 aliphatic carbocycles.